The summed E-state index contributed by atoms with van der Waals surface area (Å²) in [6, 6.07) is 4.17. The standard InChI is InChI=1S/C14H21N5O2/c15-14(17-20)11-1-3-16-13(9-11)19-4-2-12(10-19)18-5-7-21-8-6-18/h1,3,9,12,20H,2,4-8,10H2,(H2,15,17). The largest absolute Gasteiger partial charge is 0.409 e. The van der Waals surface area contributed by atoms with Crippen molar-refractivity contribution in [1.29, 1.82) is 0 Å². The highest BCUT2D eigenvalue weighted by Gasteiger charge is 2.29. The number of ether oxygens (including phenoxy) is 1. The summed E-state index contributed by atoms with van der Waals surface area (Å²) in [5.41, 5.74) is 6.33. The highest BCUT2D eigenvalue weighted by molar-refractivity contribution is 5.97. The van der Waals surface area contributed by atoms with E-state index in [0.29, 0.717) is 11.6 Å². The number of morpholine rings is 1. The van der Waals surface area contributed by atoms with Gasteiger partial charge in [0.25, 0.3) is 0 Å². The average Bonchev–Trinajstić information content (AvgIpc) is 3.05. The third-order valence-corrected chi connectivity index (χ3v) is 4.20. The molecule has 1 aromatic heterocycles. The Morgan fingerprint density at radius 1 is 1.38 bits per heavy atom. The van der Waals surface area contributed by atoms with Gasteiger partial charge in [-0.25, -0.2) is 4.98 Å². The second kappa shape index (κ2) is 6.28. The van der Waals surface area contributed by atoms with Gasteiger partial charge in [0.05, 0.1) is 13.2 Å². The van der Waals surface area contributed by atoms with E-state index in [1.807, 2.05) is 6.07 Å². The molecule has 3 heterocycles. The normalized spacial score (nSPS) is 24.5. The number of hydrogen-bond acceptors (Lipinski definition) is 6. The molecule has 0 spiro atoms. The van der Waals surface area contributed by atoms with Crippen molar-refractivity contribution in [2.24, 2.45) is 10.9 Å². The van der Waals surface area contributed by atoms with Gasteiger partial charge in [0.15, 0.2) is 5.84 Å². The van der Waals surface area contributed by atoms with Crippen molar-refractivity contribution in [3.63, 3.8) is 0 Å². The second-order valence-electron chi connectivity index (χ2n) is 5.42. The van der Waals surface area contributed by atoms with Gasteiger partial charge in [0.2, 0.25) is 0 Å². The summed E-state index contributed by atoms with van der Waals surface area (Å²) in [4.78, 5) is 9.16. The lowest BCUT2D eigenvalue weighted by Gasteiger charge is -2.32. The molecule has 2 aliphatic heterocycles. The van der Waals surface area contributed by atoms with E-state index >= 15 is 0 Å². The molecule has 1 unspecified atom stereocenters. The first kappa shape index (κ1) is 14.1. The molecule has 2 fully saturated rings. The molecule has 0 bridgehead atoms. The fourth-order valence-corrected chi connectivity index (χ4v) is 3.00. The smallest absolute Gasteiger partial charge is 0.170 e. The fraction of sp³-hybridized carbons (Fsp3) is 0.571. The summed E-state index contributed by atoms with van der Waals surface area (Å²) in [5.74, 6) is 0.998. The molecule has 0 saturated carbocycles. The Bertz CT molecular complexity index is 516. The van der Waals surface area contributed by atoms with E-state index in [1.165, 1.54) is 0 Å². The molecule has 2 saturated heterocycles. The first-order chi connectivity index (χ1) is 10.3. The molecule has 3 N–H and O–H groups in total. The topological polar surface area (TPSA) is 87.2 Å². The van der Waals surface area contributed by atoms with E-state index in [9.17, 15) is 0 Å². The summed E-state index contributed by atoms with van der Waals surface area (Å²) in [6.45, 7) is 5.62. The summed E-state index contributed by atoms with van der Waals surface area (Å²) < 4.78 is 5.41. The van der Waals surface area contributed by atoms with Gasteiger partial charge >= 0.3 is 0 Å². The third-order valence-electron chi connectivity index (χ3n) is 4.20. The van der Waals surface area contributed by atoms with Crippen molar-refractivity contribution in [2.45, 2.75) is 12.5 Å². The number of nitrogens with zero attached hydrogens (tertiary/aromatic N) is 4. The number of rotatable bonds is 3. The van der Waals surface area contributed by atoms with E-state index in [0.717, 1.165) is 51.6 Å². The number of oxime groups is 1. The Hall–Kier alpha value is -1.86. The molecule has 0 amide bonds. The van der Waals surface area contributed by atoms with Crippen molar-refractivity contribution in [1.82, 2.24) is 9.88 Å². The molecule has 7 heteroatoms. The van der Waals surface area contributed by atoms with Gasteiger partial charge < -0.3 is 20.6 Å². The van der Waals surface area contributed by atoms with Gasteiger partial charge in [-0.2, -0.15) is 0 Å². The van der Waals surface area contributed by atoms with E-state index < -0.39 is 0 Å². The van der Waals surface area contributed by atoms with Crippen LogP contribution in [0.3, 0.4) is 0 Å². The molecule has 1 aromatic rings. The molecule has 7 nitrogen and oxygen atoms in total. The number of amidine groups is 1. The van der Waals surface area contributed by atoms with Crippen LogP contribution < -0.4 is 10.6 Å². The summed E-state index contributed by atoms with van der Waals surface area (Å²) in [5, 5.41) is 11.8. The maximum Gasteiger partial charge on any atom is 0.170 e. The molecule has 21 heavy (non-hydrogen) atoms. The zero-order valence-electron chi connectivity index (χ0n) is 12.0. The zero-order chi connectivity index (χ0) is 14.7. The Labute approximate surface area is 124 Å². The van der Waals surface area contributed by atoms with Crippen LogP contribution in [-0.2, 0) is 4.74 Å². The Morgan fingerprint density at radius 2 is 2.19 bits per heavy atom. The molecular weight excluding hydrogens is 270 g/mol. The highest BCUT2D eigenvalue weighted by Crippen LogP contribution is 2.22. The Morgan fingerprint density at radius 3 is 2.95 bits per heavy atom. The molecule has 1 atom stereocenters. The summed E-state index contributed by atoms with van der Waals surface area (Å²) in [7, 11) is 0. The number of hydrogen-bond donors (Lipinski definition) is 2. The van der Waals surface area contributed by atoms with E-state index in [2.05, 4.69) is 19.9 Å². The molecule has 0 aliphatic carbocycles. The second-order valence-corrected chi connectivity index (χ2v) is 5.42. The van der Waals surface area contributed by atoms with Gasteiger partial charge in [-0.1, -0.05) is 5.16 Å². The molecule has 3 rings (SSSR count). The van der Waals surface area contributed by atoms with Crippen LogP contribution in [0.5, 0.6) is 0 Å². The molecule has 0 radical (unpaired) electrons. The molecule has 0 aromatic carbocycles. The van der Waals surface area contributed by atoms with Crippen LogP contribution in [0.1, 0.15) is 12.0 Å². The van der Waals surface area contributed by atoms with Crippen LogP contribution in [-0.4, -0.2) is 66.4 Å². The van der Waals surface area contributed by atoms with Crippen LogP contribution >= 0.6 is 0 Å². The minimum absolute atomic E-state index is 0.113. The van der Waals surface area contributed by atoms with Crippen molar-refractivity contribution < 1.29 is 9.94 Å². The van der Waals surface area contributed by atoms with Gasteiger partial charge in [0, 0.05) is 44.0 Å². The van der Waals surface area contributed by atoms with Crippen molar-refractivity contribution in [3.8, 4) is 0 Å². The minimum atomic E-state index is 0.113. The Kier molecular flexibility index (Phi) is 4.21. The maximum atomic E-state index is 8.77. The lowest BCUT2D eigenvalue weighted by Crippen LogP contribution is -2.44. The summed E-state index contributed by atoms with van der Waals surface area (Å²) >= 11 is 0. The predicted molar refractivity (Wildman–Crippen MR) is 79.8 cm³/mol. The van der Waals surface area contributed by atoms with Gasteiger partial charge in [-0.15, -0.1) is 0 Å². The lowest BCUT2D eigenvalue weighted by atomic mass is 10.2. The van der Waals surface area contributed by atoms with Crippen molar-refractivity contribution in [3.05, 3.63) is 23.9 Å². The predicted octanol–water partition coefficient (Wildman–Crippen LogP) is 0.0870. The van der Waals surface area contributed by atoms with E-state index in [4.69, 9.17) is 15.7 Å². The highest BCUT2D eigenvalue weighted by atomic mass is 16.5. The summed E-state index contributed by atoms with van der Waals surface area (Å²) in [6.07, 6.45) is 2.83. The molecule has 114 valence electrons. The molecular formula is C14H21N5O2. The van der Waals surface area contributed by atoms with E-state index in [1.54, 1.807) is 12.3 Å². The fourth-order valence-electron chi connectivity index (χ4n) is 3.00. The number of nitrogens with two attached hydrogens (primary N) is 1. The third kappa shape index (κ3) is 3.08. The van der Waals surface area contributed by atoms with Crippen LogP contribution in [0.25, 0.3) is 0 Å². The van der Waals surface area contributed by atoms with Crippen LogP contribution in [0.15, 0.2) is 23.5 Å². The molecule has 2 aliphatic rings. The van der Waals surface area contributed by atoms with Gasteiger partial charge in [-0.3, -0.25) is 4.90 Å². The average molecular weight is 291 g/mol. The SMILES string of the molecule is NC(=NO)c1ccnc(N2CCC(N3CCOCC3)C2)c1. The lowest BCUT2D eigenvalue weighted by molar-refractivity contribution is 0.0209. The minimum Gasteiger partial charge on any atom is -0.409 e. The Balaban J connectivity index is 1.68. The first-order valence-electron chi connectivity index (χ1n) is 7.28. The number of aromatic nitrogens is 1. The monoisotopic (exact) mass is 291 g/mol. The van der Waals surface area contributed by atoms with Gasteiger partial charge in [-0.05, 0) is 18.6 Å². The van der Waals surface area contributed by atoms with Crippen LogP contribution in [0, 0.1) is 0 Å². The zero-order valence-corrected chi connectivity index (χ0v) is 12.0. The van der Waals surface area contributed by atoms with Gasteiger partial charge in [0.1, 0.15) is 5.82 Å². The van der Waals surface area contributed by atoms with Crippen molar-refractivity contribution >= 4 is 11.7 Å². The number of anilines is 1. The van der Waals surface area contributed by atoms with Crippen molar-refractivity contribution in [2.75, 3.05) is 44.3 Å². The first-order valence-corrected chi connectivity index (χ1v) is 7.28. The van der Waals surface area contributed by atoms with E-state index in [-0.39, 0.29) is 5.84 Å². The maximum absolute atomic E-state index is 8.77. The quantitative estimate of drug-likeness (QED) is 0.355. The van der Waals surface area contributed by atoms with Crippen LogP contribution in [0.4, 0.5) is 5.82 Å². The van der Waals surface area contributed by atoms with Crippen LogP contribution in [0.2, 0.25) is 0 Å². The number of pyridine rings is 1.